The standard InChI is InChI=1S/C13H15N3O3/c1-17-8-12-15-13(16-19-12)9-2-4-10(5-3-9)18-11-6-14-7-11/h2-5,11,14H,6-8H2,1H3. The highest BCUT2D eigenvalue weighted by molar-refractivity contribution is 5.55. The molecule has 1 fully saturated rings. The Labute approximate surface area is 110 Å². The van der Waals surface area contributed by atoms with Crippen LogP contribution in [0.4, 0.5) is 0 Å². The molecule has 0 atom stereocenters. The van der Waals surface area contributed by atoms with Gasteiger partial charge in [-0.3, -0.25) is 0 Å². The molecule has 0 bridgehead atoms. The number of nitrogens with one attached hydrogen (secondary N) is 1. The van der Waals surface area contributed by atoms with E-state index in [-0.39, 0.29) is 6.10 Å². The summed E-state index contributed by atoms with van der Waals surface area (Å²) in [5.41, 5.74) is 0.894. The molecule has 6 heteroatoms. The van der Waals surface area contributed by atoms with Crippen molar-refractivity contribution in [3.63, 3.8) is 0 Å². The van der Waals surface area contributed by atoms with Crippen LogP contribution in [0.25, 0.3) is 11.4 Å². The lowest BCUT2D eigenvalue weighted by atomic mass is 10.2. The van der Waals surface area contributed by atoms with E-state index in [9.17, 15) is 0 Å². The zero-order valence-corrected chi connectivity index (χ0v) is 10.6. The maximum Gasteiger partial charge on any atom is 0.252 e. The number of benzene rings is 1. The van der Waals surface area contributed by atoms with Crippen molar-refractivity contribution in [2.24, 2.45) is 0 Å². The Hall–Kier alpha value is -1.92. The van der Waals surface area contributed by atoms with E-state index in [1.807, 2.05) is 24.3 Å². The number of hydrogen-bond donors (Lipinski definition) is 1. The van der Waals surface area contributed by atoms with Gasteiger partial charge < -0.3 is 19.3 Å². The Bertz CT molecular complexity index is 534. The summed E-state index contributed by atoms with van der Waals surface area (Å²) in [6.07, 6.45) is 0.282. The fourth-order valence-corrected chi connectivity index (χ4v) is 1.77. The Balaban J connectivity index is 1.69. The van der Waals surface area contributed by atoms with Crippen molar-refractivity contribution in [2.45, 2.75) is 12.7 Å². The molecule has 2 aromatic rings. The van der Waals surface area contributed by atoms with E-state index >= 15 is 0 Å². The van der Waals surface area contributed by atoms with Crippen LogP contribution in [0.1, 0.15) is 5.89 Å². The van der Waals surface area contributed by atoms with Crippen LogP contribution in [0.2, 0.25) is 0 Å². The number of ether oxygens (including phenoxy) is 2. The van der Waals surface area contributed by atoms with Crippen LogP contribution in [0, 0.1) is 0 Å². The highest BCUT2D eigenvalue weighted by Crippen LogP contribution is 2.21. The van der Waals surface area contributed by atoms with E-state index in [4.69, 9.17) is 14.0 Å². The molecular weight excluding hydrogens is 246 g/mol. The van der Waals surface area contributed by atoms with Gasteiger partial charge >= 0.3 is 0 Å². The largest absolute Gasteiger partial charge is 0.488 e. The molecule has 0 radical (unpaired) electrons. The molecule has 0 unspecified atom stereocenters. The van der Waals surface area contributed by atoms with Gasteiger partial charge in [-0.25, -0.2) is 0 Å². The molecule has 1 aromatic heterocycles. The van der Waals surface area contributed by atoms with E-state index in [2.05, 4.69) is 15.5 Å². The molecule has 1 aromatic carbocycles. The monoisotopic (exact) mass is 261 g/mol. The second kappa shape index (κ2) is 5.38. The fraction of sp³-hybridized carbons (Fsp3) is 0.385. The maximum absolute atomic E-state index is 5.74. The molecule has 100 valence electrons. The normalized spacial score (nSPS) is 15.2. The molecule has 6 nitrogen and oxygen atoms in total. The predicted octanol–water partition coefficient (Wildman–Crippen LogP) is 1.23. The third kappa shape index (κ3) is 2.74. The van der Waals surface area contributed by atoms with Crippen LogP contribution in [0.3, 0.4) is 0 Å². The summed E-state index contributed by atoms with van der Waals surface area (Å²) in [7, 11) is 1.59. The zero-order chi connectivity index (χ0) is 13.1. The van der Waals surface area contributed by atoms with Crippen molar-refractivity contribution < 1.29 is 14.0 Å². The van der Waals surface area contributed by atoms with Gasteiger partial charge in [0.2, 0.25) is 5.82 Å². The van der Waals surface area contributed by atoms with Crippen molar-refractivity contribution >= 4 is 0 Å². The molecule has 19 heavy (non-hydrogen) atoms. The Morgan fingerprint density at radius 2 is 2.11 bits per heavy atom. The third-order valence-electron chi connectivity index (χ3n) is 2.90. The van der Waals surface area contributed by atoms with Crippen LogP contribution in [0.15, 0.2) is 28.8 Å². The number of nitrogens with zero attached hydrogens (tertiary/aromatic N) is 2. The fourth-order valence-electron chi connectivity index (χ4n) is 1.77. The average Bonchev–Trinajstić information content (AvgIpc) is 2.84. The van der Waals surface area contributed by atoms with Gasteiger partial charge in [-0.15, -0.1) is 0 Å². The number of methoxy groups -OCH3 is 1. The molecule has 0 aliphatic carbocycles. The molecule has 1 aliphatic heterocycles. The first-order chi connectivity index (χ1) is 9.35. The number of hydrogen-bond acceptors (Lipinski definition) is 6. The predicted molar refractivity (Wildman–Crippen MR) is 67.7 cm³/mol. The summed E-state index contributed by atoms with van der Waals surface area (Å²) < 4.78 is 15.7. The van der Waals surface area contributed by atoms with Crippen LogP contribution in [-0.4, -0.2) is 36.4 Å². The molecule has 0 spiro atoms. The first kappa shape index (κ1) is 12.1. The summed E-state index contributed by atoms with van der Waals surface area (Å²) in [6, 6.07) is 7.67. The number of aromatic nitrogens is 2. The van der Waals surface area contributed by atoms with Crippen LogP contribution in [-0.2, 0) is 11.3 Å². The van der Waals surface area contributed by atoms with Crippen LogP contribution in [0.5, 0.6) is 5.75 Å². The molecule has 3 rings (SSSR count). The van der Waals surface area contributed by atoms with Crippen molar-refractivity contribution in [2.75, 3.05) is 20.2 Å². The minimum atomic E-state index is 0.282. The van der Waals surface area contributed by atoms with Crippen LogP contribution >= 0.6 is 0 Å². The van der Waals surface area contributed by atoms with Gasteiger partial charge in [-0.05, 0) is 24.3 Å². The smallest absolute Gasteiger partial charge is 0.252 e. The van der Waals surface area contributed by atoms with Crippen LogP contribution < -0.4 is 10.1 Å². The first-order valence-electron chi connectivity index (χ1n) is 6.14. The Morgan fingerprint density at radius 3 is 2.74 bits per heavy atom. The van der Waals surface area contributed by atoms with Crippen molar-refractivity contribution in [3.8, 4) is 17.1 Å². The summed E-state index contributed by atoms with van der Waals surface area (Å²) in [4.78, 5) is 4.23. The van der Waals surface area contributed by atoms with Gasteiger partial charge in [0.1, 0.15) is 18.5 Å². The molecular formula is C13H15N3O3. The SMILES string of the molecule is COCc1nc(-c2ccc(OC3CNC3)cc2)no1. The zero-order valence-electron chi connectivity index (χ0n) is 10.6. The van der Waals surface area contributed by atoms with E-state index in [1.54, 1.807) is 7.11 Å². The van der Waals surface area contributed by atoms with Crippen molar-refractivity contribution in [1.29, 1.82) is 0 Å². The lowest BCUT2D eigenvalue weighted by Gasteiger charge is -2.27. The van der Waals surface area contributed by atoms with Gasteiger partial charge in [0.25, 0.3) is 5.89 Å². The molecule has 0 amide bonds. The molecule has 2 heterocycles. The van der Waals surface area contributed by atoms with Crippen molar-refractivity contribution in [3.05, 3.63) is 30.2 Å². The van der Waals surface area contributed by atoms with E-state index < -0.39 is 0 Å². The molecule has 0 saturated carbocycles. The third-order valence-corrected chi connectivity index (χ3v) is 2.90. The average molecular weight is 261 g/mol. The lowest BCUT2D eigenvalue weighted by Crippen LogP contribution is -2.50. The lowest BCUT2D eigenvalue weighted by molar-refractivity contribution is 0.142. The summed E-state index contributed by atoms with van der Waals surface area (Å²) in [5.74, 6) is 1.89. The summed E-state index contributed by atoms with van der Waals surface area (Å²) in [6.45, 7) is 2.14. The second-order valence-corrected chi connectivity index (χ2v) is 4.37. The second-order valence-electron chi connectivity index (χ2n) is 4.37. The first-order valence-corrected chi connectivity index (χ1v) is 6.14. The highest BCUT2D eigenvalue weighted by Gasteiger charge is 2.18. The van der Waals surface area contributed by atoms with Gasteiger partial charge in [-0.1, -0.05) is 5.16 Å². The molecule has 1 N–H and O–H groups in total. The minimum Gasteiger partial charge on any atom is -0.488 e. The quantitative estimate of drug-likeness (QED) is 0.873. The van der Waals surface area contributed by atoms with Gasteiger partial charge in [-0.2, -0.15) is 4.98 Å². The Morgan fingerprint density at radius 1 is 1.32 bits per heavy atom. The Kier molecular flexibility index (Phi) is 3.43. The molecule has 1 aliphatic rings. The van der Waals surface area contributed by atoms with E-state index in [0.717, 1.165) is 24.4 Å². The number of rotatable bonds is 5. The van der Waals surface area contributed by atoms with Gasteiger partial charge in [0.15, 0.2) is 0 Å². The highest BCUT2D eigenvalue weighted by atomic mass is 16.5. The van der Waals surface area contributed by atoms with E-state index in [1.165, 1.54) is 0 Å². The van der Waals surface area contributed by atoms with Gasteiger partial charge in [0.05, 0.1) is 0 Å². The maximum atomic E-state index is 5.74. The summed E-state index contributed by atoms with van der Waals surface area (Å²) in [5, 5.41) is 7.07. The minimum absolute atomic E-state index is 0.282. The molecule has 1 saturated heterocycles. The van der Waals surface area contributed by atoms with E-state index in [0.29, 0.717) is 18.3 Å². The van der Waals surface area contributed by atoms with Crippen molar-refractivity contribution in [1.82, 2.24) is 15.5 Å². The van der Waals surface area contributed by atoms with Gasteiger partial charge in [0, 0.05) is 25.8 Å². The topological polar surface area (TPSA) is 69.4 Å². The summed E-state index contributed by atoms with van der Waals surface area (Å²) >= 11 is 0.